The number of hydrogen-bond acceptors (Lipinski definition) is 4. The molecule has 25 heavy (non-hydrogen) atoms. The second-order valence-electron chi connectivity index (χ2n) is 6.95. The molecule has 2 aromatic rings. The zero-order chi connectivity index (χ0) is 17.6. The number of anilines is 1. The van der Waals surface area contributed by atoms with E-state index in [-0.39, 0.29) is 23.8 Å². The van der Waals surface area contributed by atoms with Gasteiger partial charge in [-0.2, -0.15) is 10.2 Å². The SMILES string of the molecule is Cn1cc(N2CC3(CCN(C(=O)Cn4cc(Cl)cn4)C3)CC2=O)cn1. The van der Waals surface area contributed by atoms with Gasteiger partial charge in [0.15, 0.2) is 0 Å². The van der Waals surface area contributed by atoms with Crippen LogP contribution in [0.5, 0.6) is 0 Å². The lowest BCUT2D eigenvalue weighted by molar-refractivity contribution is -0.131. The van der Waals surface area contributed by atoms with Crippen LogP contribution in [-0.2, 0) is 23.2 Å². The summed E-state index contributed by atoms with van der Waals surface area (Å²) in [6.07, 6.45) is 8.00. The van der Waals surface area contributed by atoms with E-state index in [4.69, 9.17) is 11.6 Å². The highest BCUT2D eigenvalue weighted by atomic mass is 35.5. The summed E-state index contributed by atoms with van der Waals surface area (Å²) in [5, 5.41) is 8.70. The van der Waals surface area contributed by atoms with Crippen LogP contribution in [-0.4, -0.2) is 55.9 Å². The van der Waals surface area contributed by atoms with Crippen molar-refractivity contribution in [2.45, 2.75) is 19.4 Å². The van der Waals surface area contributed by atoms with Crippen LogP contribution < -0.4 is 4.90 Å². The van der Waals surface area contributed by atoms with E-state index in [0.29, 0.717) is 31.1 Å². The predicted octanol–water partition coefficient (Wildman–Crippen LogP) is 0.926. The van der Waals surface area contributed by atoms with Crippen LogP contribution in [0.15, 0.2) is 24.8 Å². The molecule has 4 rings (SSSR count). The van der Waals surface area contributed by atoms with Gasteiger partial charge in [-0.25, -0.2) is 0 Å². The average molecular weight is 363 g/mol. The van der Waals surface area contributed by atoms with Gasteiger partial charge in [0.2, 0.25) is 11.8 Å². The number of hydrogen-bond donors (Lipinski definition) is 0. The first-order valence-electron chi connectivity index (χ1n) is 8.19. The first kappa shape index (κ1) is 16.1. The number of likely N-dealkylation sites (tertiary alicyclic amines) is 1. The summed E-state index contributed by atoms with van der Waals surface area (Å²) >= 11 is 5.84. The molecule has 1 spiro atoms. The molecule has 132 valence electrons. The van der Waals surface area contributed by atoms with Gasteiger partial charge in [0, 0.05) is 50.9 Å². The molecule has 9 heteroatoms. The lowest BCUT2D eigenvalue weighted by Gasteiger charge is -2.23. The number of halogens is 1. The molecule has 0 aliphatic carbocycles. The summed E-state index contributed by atoms with van der Waals surface area (Å²) < 4.78 is 3.23. The fourth-order valence-corrected chi connectivity index (χ4v) is 3.92. The van der Waals surface area contributed by atoms with E-state index >= 15 is 0 Å². The van der Waals surface area contributed by atoms with Crippen molar-refractivity contribution in [1.82, 2.24) is 24.5 Å². The van der Waals surface area contributed by atoms with Crippen LogP contribution in [0.1, 0.15) is 12.8 Å². The smallest absolute Gasteiger partial charge is 0.244 e. The second kappa shape index (κ2) is 5.87. The van der Waals surface area contributed by atoms with E-state index in [1.54, 1.807) is 22.0 Å². The molecule has 2 aliphatic rings. The standard InChI is InChI=1S/C16H19ClN6O2/c1-20-8-13(6-18-20)23-11-16(4-14(23)24)2-3-21(10-16)15(25)9-22-7-12(17)5-19-22/h5-8H,2-4,9-11H2,1H3. The maximum atomic E-state index is 12.5. The fourth-order valence-electron chi connectivity index (χ4n) is 3.76. The molecular weight excluding hydrogens is 344 g/mol. The molecule has 0 saturated carbocycles. The minimum absolute atomic E-state index is 0.00363. The van der Waals surface area contributed by atoms with Crippen molar-refractivity contribution in [2.75, 3.05) is 24.5 Å². The van der Waals surface area contributed by atoms with E-state index in [1.165, 1.54) is 10.9 Å². The molecular formula is C16H19ClN6O2. The maximum absolute atomic E-state index is 12.5. The Morgan fingerprint density at radius 3 is 2.80 bits per heavy atom. The summed E-state index contributed by atoms with van der Waals surface area (Å²) in [5.41, 5.74) is 0.657. The lowest BCUT2D eigenvalue weighted by Crippen LogP contribution is -2.35. The van der Waals surface area contributed by atoms with Gasteiger partial charge in [0.25, 0.3) is 0 Å². The molecule has 0 aromatic carbocycles. The van der Waals surface area contributed by atoms with Crippen LogP contribution in [0.25, 0.3) is 0 Å². The number of nitrogens with zero attached hydrogens (tertiary/aromatic N) is 6. The first-order valence-corrected chi connectivity index (χ1v) is 8.57. The Hall–Kier alpha value is -2.35. The molecule has 4 heterocycles. The van der Waals surface area contributed by atoms with Gasteiger partial charge in [0.05, 0.1) is 23.1 Å². The van der Waals surface area contributed by atoms with Crippen molar-refractivity contribution in [1.29, 1.82) is 0 Å². The van der Waals surface area contributed by atoms with Gasteiger partial charge in [-0.05, 0) is 6.42 Å². The van der Waals surface area contributed by atoms with E-state index in [9.17, 15) is 9.59 Å². The third-order valence-electron chi connectivity index (χ3n) is 5.01. The van der Waals surface area contributed by atoms with Gasteiger partial charge in [-0.15, -0.1) is 0 Å². The molecule has 0 radical (unpaired) electrons. The Balaban J connectivity index is 1.43. The molecule has 0 bridgehead atoms. The number of carbonyl (C=O) groups is 2. The molecule has 1 atom stereocenters. The Kier molecular flexibility index (Phi) is 3.79. The summed E-state index contributed by atoms with van der Waals surface area (Å²) in [6, 6.07) is 0. The van der Waals surface area contributed by atoms with Crippen molar-refractivity contribution in [3.8, 4) is 0 Å². The summed E-state index contributed by atoms with van der Waals surface area (Å²) in [6.45, 7) is 2.07. The number of aryl methyl sites for hydroxylation is 1. The van der Waals surface area contributed by atoms with E-state index in [1.807, 2.05) is 18.1 Å². The van der Waals surface area contributed by atoms with Gasteiger partial charge < -0.3 is 9.80 Å². The Labute approximate surface area is 149 Å². The highest BCUT2D eigenvalue weighted by molar-refractivity contribution is 6.30. The normalized spacial score (nSPS) is 23.2. The van der Waals surface area contributed by atoms with Crippen molar-refractivity contribution in [2.24, 2.45) is 12.5 Å². The summed E-state index contributed by atoms with van der Waals surface area (Å²) in [4.78, 5) is 28.6. The van der Waals surface area contributed by atoms with E-state index < -0.39 is 0 Å². The van der Waals surface area contributed by atoms with Crippen LogP contribution in [0.2, 0.25) is 5.02 Å². The highest BCUT2D eigenvalue weighted by Crippen LogP contribution is 2.41. The minimum atomic E-state index is -0.162. The monoisotopic (exact) mass is 362 g/mol. The second-order valence-corrected chi connectivity index (χ2v) is 7.39. The van der Waals surface area contributed by atoms with E-state index in [2.05, 4.69) is 10.2 Å². The Morgan fingerprint density at radius 1 is 1.28 bits per heavy atom. The zero-order valence-corrected chi connectivity index (χ0v) is 14.7. The van der Waals surface area contributed by atoms with Gasteiger partial charge in [-0.3, -0.25) is 19.0 Å². The fraction of sp³-hybridized carbons (Fsp3) is 0.500. The predicted molar refractivity (Wildman–Crippen MR) is 91.0 cm³/mol. The van der Waals surface area contributed by atoms with Gasteiger partial charge >= 0.3 is 0 Å². The number of rotatable bonds is 3. The lowest BCUT2D eigenvalue weighted by atomic mass is 9.86. The first-order chi connectivity index (χ1) is 11.9. The largest absolute Gasteiger partial charge is 0.340 e. The van der Waals surface area contributed by atoms with Crippen molar-refractivity contribution in [3.05, 3.63) is 29.8 Å². The average Bonchev–Trinajstić information content (AvgIpc) is 3.30. The number of amides is 2. The Morgan fingerprint density at radius 2 is 2.12 bits per heavy atom. The molecule has 8 nitrogen and oxygen atoms in total. The third kappa shape index (κ3) is 3.02. The number of carbonyl (C=O) groups excluding carboxylic acids is 2. The summed E-state index contributed by atoms with van der Waals surface area (Å²) in [7, 11) is 1.83. The topological polar surface area (TPSA) is 76.3 Å². The minimum Gasteiger partial charge on any atom is -0.340 e. The van der Waals surface area contributed by atoms with Crippen molar-refractivity contribution >= 4 is 29.1 Å². The molecule has 2 aromatic heterocycles. The Bertz CT molecular complexity index is 830. The van der Waals surface area contributed by atoms with Crippen molar-refractivity contribution in [3.63, 3.8) is 0 Å². The quantitative estimate of drug-likeness (QED) is 0.813. The molecule has 2 aliphatic heterocycles. The molecule has 2 saturated heterocycles. The van der Waals surface area contributed by atoms with Gasteiger partial charge in [0.1, 0.15) is 6.54 Å². The van der Waals surface area contributed by atoms with Crippen LogP contribution in [0.4, 0.5) is 5.69 Å². The maximum Gasteiger partial charge on any atom is 0.244 e. The molecule has 2 fully saturated rings. The van der Waals surface area contributed by atoms with E-state index in [0.717, 1.165) is 12.1 Å². The third-order valence-corrected chi connectivity index (χ3v) is 5.21. The van der Waals surface area contributed by atoms with Crippen molar-refractivity contribution < 1.29 is 9.59 Å². The molecule has 0 N–H and O–H groups in total. The number of aromatic nitrogens is 4. The molecule has 2 amide bonds. The van der Waals surface area contributed by atoms with Crippen LogP contribution in [0.3, 0.4) is 0 Å². The van der Waals surface area contributed by atoms with Crippen LogP contribution >= 0.6 is 11.6 Å². The zero-order valence-electron chi connectivity index (χ0n) is 13.9. The molecule has 1 unspecified atom stereocenters. The highest BCUT2D eigenvalue weighted by Gasteiger charge is 2.48. The van der Waals surface area contributed by atoms with Crippen LogP contribution in [0, 0.1) is 5.41 Å². The summed E-state index contributed by atoms with van der Waals surface area (Å²) in [5.74, 6) is 0.102. The van der Waals surface area contributed by atoms with Gasteiger partial charge in [-0.1, -0.05) is 11.6 Å².